The van der Waals surface area contributed by atoms with Crippen LogP contribution in [0.15, 0.2) is 46.9 Å². The molecule has 0 radical (unpaired) electrons. The molecule has 0 aromatic heterocycles. The predicted octanol–water partition coefficient (Wildman–Crippen LogP) is 6.13. The Balaban J connectivity index is 2.20. The van der Waals surface area contributed by atoms with Crippen molar-refractivity contribution in [1.29, 1.82) is 0 Å². The quantitative estimate of drug-likeness (QED) is 0.455. The molecule has 1 aliphatic rings. The van der Waals surface area contributed by atoms with Gasteiger partial charge in [0.2, 0.25) is 0 Å². The van der Waals surface area contributed by atoms with Crippen molar-refractivity contribution in [3.8, 4) is 11.5 Å². The molecule has 1 aliphatic heterocycles. The lowest BCUT2D eigenvalue weighted by molar-refractivity contribution is 0.479. The molecule has 0 N–H and O–H groups in total. The van der Waals surface area contributed by atoms with E-state index in [9.17, 15) is 0 Å². The number of halogens is 3. The van der Waals surface area contributed by atoms with E-state index in [-0.39, 0.29) is 9.65 Å². The van der Waals surface area contributed by atoms with E-state index in [1.54, 1.807) is 0 Å². The highest BCUT2D eigenvalue weighted by molar-refractivity contribution is 9.12. The third-order valence-electron chi connectivity index (χ3n) is 2.96. The minimum absolute atomic E-state index is 0.175. The molecule has 0 amide bonds. The molecule has 0 saturated heterocycles. The smallest absolute Gasteiger partial charge is 0.131 e. The molecular formula is C14H9Br3O. The van der Waals surface area contributed by atoms with Crippen LogP contribution >= 0.6 is 47.8 Å². The van der Waals surface area contributed by atoms with Crippen molar-refractivity contribution in [3.05, 3.63) is 58.1 Å². The average Bonchev–Trinajstić information content (AvgIpc) is 2.48. The summed E-state index contributed by atoms with van der Waals surface area (Å²) in [6.45, 7) is 0. The van der Waals surface area contributed by atoms with Gasteiger partial charge in [0, 0.05) is 15.6 Å². The summed E-state index contributed by atoms with van der Waals surface area (Å²) in [4.78, 5) is 0.359. The summed E-state index contributed by atoms with van der Waals surface area (Å²) < 4.78 is 7.07. The fourth-order valence-electron chi connectivity index (χ4n) is 2.06. The Kier molecular flexibility index (Phi) is 3.52. The Morgan fingerprint density at radius 3 is 2.33 bits per heavy atom. The summed E-state index contributed by atoms with van der Waals surface area (Å²) in [6.07, 6.45) is 0. The van der Waals surface area contributed by atoms with Crippen LogP contribution in [-0.2, 0) is 0 Å². The standard InChI is InChI=1S/C14H9Br3O/c15-8-5-6-12-10(7-8)14(17)13(16)9-3-1-2-4-11(9)18-12/h1-7,13-14H. The van der Waals surface area contributed by atoms with Crippen molar-refractivity contribution in [1.82, 2.24) is 0 Å². The maximum atomic E-state index is 6.02. The number of rotatable bonds is 0. The van der Waals surface area contributed by atoms with Crippen LogP contribution in [0.2, 0.25) is 0 Å². The van der Waals surface area contributed by atoms with E-state index in [0.717, 1.165) is 27.1 Å². The number of para-hydroxylation sites is 1. The van der Waals surface area contributed by atoms with Gasteiger partial charge in [-0.1, -0.05) is 66.0 Å². The van der Waals surface area contributed by atoms with E-state index in [1.807, 2.05) is 30.3 Å². The largest absolute Gasteiger partial charge is 0.457 e. The molecule has 4 heteroatoms. The lowest BCUT2D eigenvalue weighted by atomic mass is 10.0. The summed E-state index contributed by atoms with van der Waals surface area (Å²) in [7, 11) is 0. The summed E-state index contributed by atoms with van der Waals surface area (Å²) in [6, 6.07) is 14.2. The van der Waals surface area contributed by atoms with Crippen LogP contribution in [-0.4, -0.2) is 0 Å². The zero-order valence-electron chi connectivity index (χ0n) is 9.24. The van der Waals surface area contributed by atoms with Gasteiger partial charge in [0.15, 0.2) is 0 Å². The van der Waals surface area contributed by atoms with Gasteiger partial charge in [-0.2, -0.15) is 0 Å². The Bertz CT molecular complexity index is 597. The highest BCUT2D eigenvalue weighted by Crippen LogP contribution is 2.52. The molecule has 3 rings (SSSR count). The van der Waals surface area contributed by atoms with Crippen LogP contribution in [0.4, 0.5) is 0 Å². The number of benzene rings is 2. The molecule has 0 saturated carbocycles. The maximum Gasteiger partial charge on any atom is 0.131 e. The topological polar surface area (TPSA) is 9.23 Å². The first-order chi connectivity index (χ1) is 8.66. The highest BCUT2D eigenvalue weighted by atomic mass is 79.9. The normalized spacial score (nSPS) is 21.5. The maximum absolute atomic E-state index is 6.02. The average molecular weight is 433 g/mol. The summed E-state index contributed by atoms with van der Waals surface area (Å²) in [5.74, 6) is 1.80. The van der Waals surface area contributed by atoms with Crippen LogP contribution in [0.25, 0.3) is 0 Å². The van der Waals surface area contributed by atoms with Gasteiger partial charge < -0.3 is 4.74 Å². The zero-order chi connectivity index (χ0) is 12.7. The number of fused-ring (bicyclic) bond motifs is 2. The third kappa shape index (κ3) is 2.15. The van der Waals surface area contributed by atoms with E-state index in [4.69, 9.17) is 4.74 Å². The molecular weight excluding hydrogens is 424 g/mol. The Hall–Kier alpha value is -0.320. The van der Waals surface area contributed by atoms with E-state index < -0.39 is 0 Å². The first-order valence-electron chi connectivity index (χ1n) is 5.51. The van der Waals surface area contributed by atoms with Crippen molar-refractivity contribution < 1.29 is 4.74 Å². The van der Waals surface area contributed by atoms with Crippen molar-refractivity contribution in [2.24, 2.45) is 0 Å². The number of ether oxygens (including phenoxy) is 1. The molecule has 1 nitrogen and oxygen atoms in total. The second-order valence-corrected chi connectivity index (χ2v) is 7.01. The summed E-state index contributed by atoms with van der Waals surface area (Å²) >= 11 is 11.0. The Morgan fingerprint density at radius 1 is 0.833 bits per heavy atom. The monoisotopic (exact) mass is 430 g/mol. The lowest BCUT2D eigenvalue weighted by Crippen LogP contribution is -1.97. The molecule has 2 unspecified atom stereocenters. The number of hydrogen-bond donors (Lipinski definition) is 0. The van der Waals surface area contributed by atoms with Crippen molar-refractivity contribution in [3.63, 3.8) is 0 Å². The summed E-state index contributed by atoms with van der Waals surface area (Å²) in [5, 5.41) is 0. The SMILES string of the molecule is Brc1ccc2c(c1)C(Br)C(Br)c1ccccc1O2. The molecule has 2 aromatic rings. The minimum atomic E-state index is 0.175. The zero-order valence-corrected chi connectivity index (χ0v) is 14.0. The van der Waals surface area contributed by atoms with Crippen LogP contribution in [0.1, 0.15) is 20.8 Å². The van der Waals surface area contributed by atoms with Gasteiger partial charge in [0.1, 0.15) is 11.5 Å². The van der Waals surface area contributed by atoms with Crippen LogP contribution in [0.3, 0.4) is 0 Å². The van der Waals surface area contributed by atoms with Crippen LogP contribution in [0.5, 0.6) is 11.5 Å². The second-order valence-electron chi connectivity index (χ2n) is 4.13. The Labute approximate surface area is 131 Å². The van der Waals surface area contributed by atoms with Gasteiger partial charge in [-0.05, 0) is 24.3 Å². The second kappa shape index (κ2) is 4.99. The Morgan fingerprint density at radius 2 is 1.50 bits per heavy atom. The van der Waals surface area contributed by atoms with Crippen LogP contribution < -0.4 is 4.74 Å². The van der Waals surface area contributed by atoms with Gasteiger partial charge in [-0.25, -0.2) is 0 Å². The van der Waals surface area contributed by atoms with Crippen molar-refractivity contribution in [2.45, 2.75) is 9.65 Å². The summed E-state index contributed by atoms with van der Waals surface area (Å²) in [5.41, 5.74) is 2.30. The van der Waals surface area contributed by atoms with E-state index in [0.29, 0.717) is 0 Å². The molecule has 0 bridgehead atoms. The molecule has 92 valence electrons. The molecule has 0 fully saturated rings. The predicted molar refractivity (Wildman–Crippen MR) is 84.0 cm³/mol. The van der Waals surface area contributed by atoms with E-state index in [1.165, 1.54) is 0 Å². The minimum Gasteiger partial charge on any atom is -0.457 e. The molecule has 1 heterocycles. The number of hydrogen-bond acceptors (Lipinski definition) is 1. The third-order valence-corrected chi connectivity index (χ3v) is 6.21. The highest BCUT2D eigenvalue weighted by Gasteiger charge is 2.29. The molecule has 0 spiro atoms. The molecule has 2 atom stereocenters. The first-order valence-corrected chi connectivity index (χ1v) is 8.13. The first kappa shape index (κ1) is 12.7. The molecule has 0 aliphatic carbocycles. The van der Waals surface area contributed by atoms with Gasteiger partial charge >= 0.3 is 0 Å². The van der Waals surface area contributed by atoms with Crippen LogP contribution in [0, 0.1) is 0 Å². The lowest BCUT2D eigenvalue weighted by Gasteiger charge is -2.15. The fourth-order valence-corrected chi connectivity index (χ4v) is 3.75. The van der Waals surface area contributed by atoms with Gasteiger partial charge in [-0.3, -0.25) is 0 Å². The van der Waals surface area contributed by atoms with E-state index >= 15 is 0 Å². The van der Waals surface area contributed by atoms with Crippen molar-refractivity contribution in [2.75, 3.05) is 0 Å². The molecule has 18 heavy (non-hydrogen) atoms. The fraction of sp³-hybridized carbons (Fsp3) is 0.143. The van der Waals surface area contributed by atoms with E-state index in [2.05, 4.69) is 59.9 Å². The van der Waals surface area contributed by atoms with Gasteiger partial charge in [0.05, 0.1) is 9.65 Å². The van der Waals surface area contributed by atoms with Gasteiger partial charge in [0.25, 0.3) is 0 Å². The number of alkyl halides is 2. The van der Waals surface area contributed by atoms with Gasteiger partial charge in [-0.15, -0.1) is 0 Å². The van der Waals surface area contributed by atoms with Crippen molar-refractivity contribution >= 4 is 47.8 Å². The molecule has 2 aromatic carbocycles.